The second kappa shape index (κ2) is 12.8. The van der Waals surface area contributed by atoms with Crippen molar-refractivity contribution >= 4 is 63.1 Å². The molecule has 1 saturated heterocycles. The van der Waals surface area contributed by atoms with Gasteiger partial charge in [-0.1, -0.05) is 83.6 Å². The van der Waals surface area contributed by atoms with Gasteiger partial charge in [-0.15, -0.1) is 0 Å². The van der Waals surface area contributed by atoms with Crippen LogP contribution >= 0.6 is 34.5 Å². The van der Waals surface area contributed by atoms with Crippen LogP contribution in [0.2, 0.25) is 10.0 Å². The lowest BCUT2D eigenvalue weighted by atomic mass is 9.95. The number of amides is 1. The third-order valence-electron chi connectivity index (χ3n) is 6.59. The number of carbonyl (C=O) groups excluding carboxylic acids is 3. The fourth-order valence-corrected chi connectivity index (χ4v) is 6.03. The Labute approximate surface area is 261 Å². The highest BCUT2D eigenvalue weighted by Crippen LogP contribution is 2.46. The molecule has 43 heavy (non-hydrogen) atoms. The molecule has 1 atom stereocenters. The zero-order valence-corrected chi connectivity index (χ0v) is 25.1. The van der Waals surface area contributed by atoms with E-state index in [1.807, 2.05) is 30.3 Å². The highest BCUT2D eigenvalue weighted by molar-refractivity contribution is 7.17. The molecule has 4 aromatic rings. The van der Waals surface area contributed by atoms with Crippen molar-refractivity contribution in [2.24, 2.45) is 0 Å². The van der Waals surface area contributed by atoms with Gasteiger partial charge in [0.25, 0.3) is 5.78 Å². The van der Waals surface area contributed by atoms with Crippen LogP contribution in [0.1, 0.15) is 38.1 Å². The van der Waals surface area contributed by atoms with Crippen LogP contribution in [0.4, 0.5) is 5.13 Å². The number of aromatic nitrogens is 1. The number of aliphatic hydroxyl groups is 1. The Kier molecular flexibility index (Phi) is 8.96. The number of aryl methyl sites for hydroxylation is 1. The predicted molar refractivity (Wildman–Crippen MR) is 166 cm³/mol. The molecule has 1 fully saturated rings. The molecule has 0 spiro atoms. The van der Waals surface area contributed by atoms with Gasteiger partial charge in [0, 0.05) is 15.6 Å². The summed E-state index contributed by atoms with van der Waals surface area (Å²) in [4.78, 5) is 45.3. The zero-order valence-electron chi connectivity index (χ0n) is 22.8. The number of ether oxygens (including phenoxy) is 2. The third kappa shape index (κ3) is 6.19. The first-order valence-electron chi connectivity index (χ1n) is 13.0. The Bertz CT molecular complexity index is 1750. The highest BCUT2D eigenvalue weighted by Gasteiger charge is 2.49. The molecule has 218 valence electrons. The number of anilines is 1. The second-order valence-corrected chi connectivity index (χ2v) is 11.3. The van der Waals surface area contributed by atoms with Gasteiger partial charge in [0.2, 0.25) is 0 Å². The molecule has 1 aromatic heterocycles. The number of aliphatic hydroxyl groups excluding tert-OH is 1. The summed E-state index contributed by atoms with van der Waals surface area (Å²) in [7, 11) is 0. The van der Waals surface area contributed by atoms with Crippen LogP contribution in [0.3, 0.4) is 0 Å². The number of carbonyl (C=O) groups is 3. The summed E-state index contributed by atoms with van der Waals surface area (Å²) in [5, 5.41) is 12.0. The van der Waals surface area contributed by atoms with Gasteiger partial charge in [0.1, 0.15) is 29.6 Å². The van der Waals surface area contributed by atoms with E-state index in [-0.39, 0.29) is 32.8 Å². The molecule has 8 nitrogen and oxygen atoms in total. The summed E-state index contributed by atoms with van der Waals surface area (Å²) < 4.78 is 11.0. The molecule has 0 bridgehead atoms. The summed E-state index contributed by atoms with van der Waals surface area (Å²) >= 11 is 13.6. The molecular weight excluding hydrogens is 611 g/mol. The van der Waals surface area contributed by atoms with Crippen LogP contribution in [0, 0.1) is 6.92 Å². The van der Waals surface area contributed by atoms with Gasteiger partial charge in [0.05, 0.1) is 17.3 Å². The molecule has 1 aliphatic heterocycles. The van der Waals surface area contributed by atoms with E-state index in [2.05, 4.69) is 11.6 Å². The van der Waals surface area contributed by atoms with Crippen molar-refractivity contribution in [2.45, 2.75) is 19.6 Å². The van der Waals surface area contributed by atoms with E-state index in [1.54, 1.807) is 43.3 Å². The number of esters is 1. The van der Waals surface area contributed by atoms with E-state index >= 15 is 0 Å². The minimum absolute atomic E-state index is 0.00745. The van der Waals surface area contributed by atoms with Crippen molar-refractivity contribution in [1.29, 1.82) is 0 Å². The highest BCUT2D eigenvalue weighted by atomic mass is 35.5. The van der Waals surface area contributed by atoms with Crippen LogP contribution < -0.4 is 9.64 Å². The van der Waals surface area contributed by atoms with Crippen molar-refractivity contribution in [1.82, 2.24) is 4.98 Å². The lowest BCUT2D eigenvalue weighted by Gasteiger charge is -2.24. The van der Waals surface area contributed by atoms with E-state index in [4.69, 9.17) is 32.7 Å². The van der Waals surface area contributed by atoms with Crippen molar-refractivity contribution in [3.63, 3.8) is 0 Å². The quantitative estimate of drug-likeness (QED) is 0.0676. The minimum Gasteiger partial charge on any atom is -0.507 e. The average Bonchev–Trinajstić information content (AvgIpc) is 3.51. The lowest BCUT2D eigenvalue weighted by Crippen LogP contribution is -2.29. The van der Waals surface area contributed by atoms with Crippen molar-refractivity contribution in [3.8, 4) is 5.75 Å². The van der Waals surface area contributed by atoms with Gasteiger partial charge in [-0.25, -0.2) is 9.78 Å². The number of nitrogens with zero attached hydrogens (tertiary/aromatic N) is 2. The second-order valence-electron chi connectivity index (χ2n) is 9.43. The number of rotatable bonds is 9. The molecule has 11 heteroatoms. The Morgan fingerprint density at radius 2 is 1.81 bits per heavy atom. The standard InChI is InChI=1S/C32H24Cl2N2O6S/c1-3-15-41-31(40)29-18(2)35-32(43-29)36-26(23-14-11-21(33)16-24(23)34)25(28(38)30(36)39)27(37)20-9-12-22(13-10-20)42-17-19-7-5-4-6-8-19/h3-14,16,26,37H,1,15,17H2,2H3/b27-25+. The van der Waals surface area contributed by atoms with Gasteiger partial charge >= 0.3 is 11.9 Å². The topological polar surface area (TPSA) is 106 Å². The van der Waals surface area contributed by atoms with Crippen LogP contribution in [0.25, 0.3) is 5.76 Å². The van der Waals surface area contributed by atoms with Gasteiger partial charge in [-0.3, -0.25) is 14.5 Å². The first-order chi connectivity index (χ1) is 20.7. The molecule has 0 radical (unpaired) electrons. The summed E-state index contributed by atoms with van der Waals surface area (Å²) in [5.74, 6) is -2.40. The summed E-state index contributed by atoms with van der Waals surface area (Å²) in [6, 6.07) is 19.6. The van der Waals surface area contributed by atoms with E-state index < -0.39 is 29.5 Å². The Morgan fingerprint density at radius 3 is 2.49 bits per heavy atom. The number of halogens is 2. The molecule has 1 amide bonds. The number of Topliss-reactive ketones (excluding diaryl/α,β-unsaturated/α-hetero) is 1. The summed E-state index contributed by atoms with van der Waals surface area (Å²) in [6.45, 7) is 5.46. The van der Waals surface area contributed by atoms with Crippen molar-refractivity contribution in [2.75, 3.05) is 11.5 Å². The van der Waals surface area contributed by atoms with Gasteiger partial charge in [-0.05, 0) is 54.4 Å². The van der Waals surface area contributed by atoms with E-state index in [0.29, 0.717) is 28.6 Å². The van der Waals surface area contributed by atoms with Gasteiger partial charge in [0.15, 0.2) is 5.13 Å². The predicted octanol–water partition coefficient (Wildman–Crippen LogP) is 7.31. The van der Waals surface area contributed by atoms with Crippen molar-refractivity contribution in [3.05, 3.63) is 128 Å². The summed E-state index contributed by atoms with van der Waals surface area (Å²) in [5.41, 5.74) is 1.71. The maximum atomic E-state index is 13.5. The number of thiazole rings is 1. The average molecular weight is 636 g/mol. The smallest absolute Gasteiger partial charge is 0.350 e. The first-order valence-corrected chi connectivity index (χ1v) is 14.6. The van der Waals surface area contributed by atoms with Crippen molar-refractivity contribution < 1.29 is 29.0 Å². The molecule has 5 rings (SSSR count). The van der Waals surface area contributed by atoms with Crippen LogP contribution in [-0.4, -0.2) is 34.4 Å². The fourth-order valence-electron chi connectivity index (χ4n) is 4.53. The van der Waals surface area contributed by atoms with E-state index in [0.717, 1.165) is 21.8 Å². The maximum absolute atomic E-state index is 13.5. The van der Waals surface area contributed by atoms with Crippen LogP contribution in [0.5, 0.6) is 5.75 Å². The van der Waals surface area contributed by atoms with E-state index in [9.17, 15) is 19.5 Å². The largest absolute Gasteiger partial charge is 0.507 e. The zero-order chi connectivity index (χ0) is 30.7. The molecule has 1 N–H and O–H groups in total. The van der Waals surface area contributed by atoms with Crippen LogP contribution in [-0.2, 0) is 20.9 Å². The Morgan fingerprint density at radius 1 is 1.09 bits per heavy atom. The Balaban J connectivity index is 1.55. The van der Waals surface area contributed by atoms with Gasteiger partial charge < -0.3 is 14.6 Å². The van der Waals surface area contributed by atoms with E-state index in [1.165, 1.54) is 12.1 Å². The Hall–Kier alpha value is -4.44. The monoisotopic (exact) mass is 634 g/mol. The number of hydrogen-bond donors (Lipinski definition) is 1. The molecular formula is C32H24Cl2N2O6S. The summed E-state index contributed by atoms with van der Waals surface area (Å²) in [6.07, 6.45) is 1.43. The van der Waals surface area contributed by atoms with Gasteiger partial charge in [-0.2, -0.15) is 0 Å². The number of ketones is 1. The number of hydrogen-bond acceptors (Lipinski definition) is 8. The SMILES string of the molecule is C=CCOC(=O)c1sc(N2C(=O)C(=O)/C(=C(/O)c3ccc(OCc4ccccc4)cc3)C2c2ccc(Cl)cc2Cl)nc1C. The first kappa shape index (κ1) is 30.0. The third-order valence-corrected chi connectivity index (χ3v) is 8.29. The molecule has 0 saturated carbocycles. The fraction of sp³-hybridized carbons (Fsp3) is 0.125. The number of benzene rings is 3. The molecule has 1 unspecified atom stereocenters. The van der Waals surface area contributed by atoms with Crippen LogP contribution in [0.15, 0.2) is 91.0 Å². The molecule has 2 heterocycles. The maximum Gasteiger partial charge on any atom is 0.350 e. The minimum atomic E-state index is -1.17. The molecule has 3 aromatic carbocycles. The normalized spacial score (nSPS) is 15.9. The molecule has 1 aliphatic rings. The molecule has 0 aliphatic carbocycles. The lowest BCUT2D eigenvalue weighted by molar-refractivity contribution is -0.132.